The molecule has 3 heteroatoms. The van der Waals surface area contributed by atoms with Gasteiger partial charge in [0, 0.05) is 16.2 Å². The number of fused-ring (bicyclic) bond motifs is 1. The summed E-state index contributed by atoms with van der Waals surface area (Å²) in [5.41, 5.74) is 4.12. The Morgan fingerprint density at radius 1 is 1.14 bits per heavy atom. The van der Waals surface area contributed by atoms with Crippen LogP contribution in [0.15, 0.2) is 46.9 Å². The lowest BCUT2D eigenvalue weighted by molar-refractivity contribution is 0.340. The van der Waals surface area contributed by atoms with Gasteiger partial charge in [0.05, 0.1) is 6.61 Å². The minimum Gasteiger partial charge on any atom is -0.494 e. The van der Waals surface area contributed by atoms with Gasteiger partial charge < -0.3 is 10.1 Å². The van der Waals surface area contributed by atoms with Crippen molar-refractivity contribution in [2.45, 2.75) is 32.2 Å². The molecule has 0 radical (unpaired) electrons. The van der Waals surface area contributed by atoms with Crippen molar-refractivity contribution in [1.82, 2.24) is 0 Å². The fourth-order valence-electron chi connectivity index (χ4n) is 2.90. The van der Waals surface area contributed by atoms with Crippen molar-refractivity contribution in [3.63, 3.8) is 0 Å². The number of hydrogen-bond acceptors (Lipinski definition) is 2. The third-order valence-electron chi connectivity index (χ3n) is 3.93. The highest BCUT2D eigenvalue weighted by Crippen LogP contribution is 2.27. The Balaban J connectivity index is 1.65. The Morgan fingerprint density at radius 2 is 1.95 bits per heavy atom. The largest absolute Gasteiger partial charge is 0.494 e. The van der Waals surface area contributed by atoms with Crippen LogP contribution >= 0.6 is 15.9 Å². The summed E-state index contributed by atoms with van der Waals surface area (Å²) < 4.78 is 6.66. The monoisotopic (exact) mass is 345 g/mol. The van der Waals surface area contributed by atoms with E-state index < -0.39 is 0 Å². The SMILES string of the molecule is CCOc1ccc(NC2CCc3cc(Br)ccc3C2)cc1. The zero-order valence-corrected chi connectivity index (χ0v) is 13.8. The molecule has 2 aromatic carbocycles. The van der Waals surface area contributed by atoms with Gasteiger partial charge in [0.2, 0.25) is 0 Å². The molecule has 0 bridgehead atoms. The van der Waals surface area contributed by atoms with Gasteiger partial charge in [-0.05, 0) is 73.7 Å². The minimum absolute atomic E-state index is 0.511. The quantitative estimate of drug-likeness (QED) is 0.857. The Bertz CT molecular complexity index is 609. The normalized spacial score (nSPS) is 17.1. The number of nitrogens with one attached hydrogen (secondary N) is 1. The zero-order valence-electron chi connectivity index (χ0n) is 12.2. The van der Waals surface area contributed by atoms with Crippen LogP contribution in [0.4, 0.5) is 5.69 Å². The van der Waals surface area contributed by atoms with Crippen LogP contribution in [0.3, 0.4) is 0 Å². The molecule has 0 amide bonds. The molecule has 0 aromatic heterocycles. The first-order valence-corrected chi connectivity index (χ1v) is 8.30. The number of ether oxygens (including phenoxy) is 1. The van der Waals surface area contributed by atoms with Crippen molar-refractivity contribution in [2.75, 3.05) is 11.9 Å². The molecule has 1 aliphatic rings. The van der Waals surface area contributed by atoms with Crippen molar-refractivity contribution < 1.29 is 4.74 Å². The van der Waals surface area contributed by atoms with Crippen LogP contribution in [-0.2, 0) is 12.8 Å². The molecule has 2 aromatic rings. The van der Waals surface area contributed by atoms with Crippen molar-refractivity contribution >= 4 is 21.6 Å². The highest BCUT2D eigenvalue weighted by molar-refractivity contribution is 9.10. The van der Waals surface area contributed by atoms with E-state index in [4.69, 9.17) is 4.74 Å². The minimum atomic E-state index is 0.511. The molecule has 1 N–H and O–H groups in total. The van der Waals surface area contributed by atoms with Gasteiger partial charge in [0.1, 0.15) is 5.75 Å². The van der Waals surface area contributed by atoms with E-state index in [-0.39, 0.29) is 0 Å². The van der Waals surface area contributed by atoms with Crippen molar-refractivity contribution in [3.05, 3.63) is 58.1 Å². The lowest BCUT2D eigenvalue weighted by atomic mass is 9.88. The molecule has 0 aliphatic heterocycles. The Labute approximate surface area is 134 Å². The molecule has 0 heterocycles. The van der Waals surface area contributed by atoms with Crippen LogP contribution < -0.4 is 10.1 Å². The topological polar surface area (TPSA) is 21.3 Å². The summed E-state index contributed by atoms with van der Waals surface area (Å²) in [7, 11) is 0. The summed E-state index contributed by atoms with van der Waals surface area (Å²) >= 11 is 3.55. The maximum atomic E-state index is 5.48. The van der Waals surface area contributed by atoms with Gasteiger partial charge in [0.15, 0.2) is 0 Å². The number of anilines is 1. The zero-order chi connectivity index (χ0) is 14.7. The second-order valence-corrected chi connectivity index (χ2v) is 6.37. The van der Waals surface area contributed by atoms with Gasteiger partial charge in [-0.25, -0.2) is 0 Å². The van der Waals surface area contributed by atoms with E-state index >= 15 is 0 Å². The first kappa shape index (κ1) is 14.5. The summed E-state index contributed by atoms with van der Waals surface area (Å²) in [5.74, 6) is 0.932. The first-order chi connectivity index (χ1) is 10.2. The maximum absolute atomic E-state index is 5.48. The molecule has 0 saturated heterocycles. The average molecular weight is 346 g/mol. The predicted octanol–water partition coefficient (Wildman–Crippen LogP) is 4.82. The van der Waals surface area contributed by atoms with Gasteiger partial charge in [0.25, 0.3) is 0 Å². The van der Waals surface area contributed by atoms with Crippen molar-refractivity contribution in [2.24, 2.45) is 0 Å². The number of halogens is 1. The predicted molar refractivity (Wildman–Crippen MR) is 91.2 cm³/mol. The van der Waals surface area contributed by atoms with Crippen LogP contribution in [0.1, 0.15) is 24.5 Å². The molecule has 1 aliphatic carbocycles. The van der Waals surface area contributed by atoms with Gasteiger partial charge in [-0.3, -0.25) is 0 Å². The fraction of sp³-hybridized carbons (Fsp3) is 0.333. The van der Waals surface area contributed by atoms with E-state index in [0.29, 0.717) is 12.6 Å². The maximum Gasteiger partial charge on any atom is 0.119 e. The van der Waals surface area contributed by atoms with Crippen LogP contribution in [0.5, 0.6) is 5.75 Å². The van der Waals surface area contributed by atoms with Crippen molar-refractivity contribution in [3.8, 4) is 5.75 Å². The molecule has 3 rings (SSSR count). The fourth-order valence-corrected chi connectivity index (χ4v) is 3.31. The molecule has 0 spiro atoms. The second kappa shape index (κ2) is 6.52. The lowest BCUT2D eigenvalue weighted by Gasteiger charge is -2.26. The molecule has 1 unspecified atom stereocenters. The lowest BCUT2D eigenvalue weighted by Crippen LogP contribution is -2.27. The third kappa shape index (κ3) is 3.59. The van der Waals surface area contributed by atoms with Crippen LogP contribution in [0.25, 0.3) is 0 Å². The summed E-state index contributed by atoms with van der Waals surface area (Å²) in [6, 6.07) is 15.4. The molecule has 21 heavy (non-hydrogen) atoms. The molecule has 110 valence electrons. The Hall–Kier alpha value is -1.48. The number of benzene rings is 2. The summed E-state index contributed by atoms with van der Waals surface area (Å²) in [6.07, 6.45) is 3.41. The van der Waals surface area contributed by atoms with Gasteiger partial charge in [-0.15, -0.1) is 0 Å². The smallest absolute Gasteiger partial charge is 0.119 e. The molecule has 1 atom stereocenters. The molecule has 2 nitrogen and oxygen atoms in total. The van der Waals surface area contributed by atoms with Crippen molar-refractivity contribution in [1.29, 1.82) is 0 Å². The number of aryl methyl sites for hydroxylation is 1. The van der Waals surface area contributed by atoms with Crippen LogP contribution in [0.2, 0.25) is 0 Å². The Kier molecular flexibility index (Phi) is 4.49. The van der Waals surface area contributed by atoms with Gasteiger partial charge in [-0.2, -0.15) is 0 Å². The summed E-state index contributed by atoms with van der Waals surface area (Å²) in [4.78, 5) is 0. The highest BCUT2D eigenvalue weighted by Gasteiger charge is 2.18. The number of rotatable bonds is 4. The first-order valence-electron chi connectivity index (χ1n) is 7.51. The van der Waals surface area contributed by atoms with Crippen LogP contribution in [0, 0.1) is 0 Å². The van der Waals surface area contributed by atoms with E-state index in [1.54, 1.807) is 0 Å². The molecular weight excluding hydrogens is 326 g/mol. The standard InChI is InChI=1S/C18H20BrNO/c1-2-21-18-9-7-16(8-10-18)20-17-6-4-13-11-15(19)5-3-14(13)12-17/h3,5,7-11,17,20H,2,4,6,12H2,1H3. The highest BCUT2D eigenvalue weighted by atomic mass is 79.9. The van der Waals surface area contributed by atoms with E-state index in [1.807, 2.05) is 19.1 Å². The van der Waals surface area contributed by atoms with Gasteiger partial charge >= 0.3 is 0 Å². The second-order valence-electron chi connectivity index (χ2n) is 5.45. The molecule has 0 fully saturated rings. The van der Waals surface area contributed by atoms with E-state index in [2.05, 4.69) is 51.6 Å². The molecular formula is C18H20BrNO. The Morgan fingerprint density at radius 3 is 2.71 bits per heavy atom. The molecule has 0 saturated carbocycles. The summed E-state index contributed by atoms with van der Waals surface area (Å²) in [5, 5.41) is 3.64. The van der Waals surface area contributed by atoms with Crippen LogP contribution in [-0.4, -0.2) is 12.6 Å². The average Bonchev–Trinajstić information content (AvgIpc) is 2.50. The third-order valence-corrected chi connectivity index (χ3v) is 4.43. The summed E-state index contributed by atoms with van der Waals surface area (Å²) in [6.45, 7) is 2.71. The van der Waals surface area contributed by atoms with Gasteiger partial charge in [-0.1, -0.05) is 22.0 Å². The van der Waals surface area contributed by atoms with E-state index in [0.717, 1.165) is 18.6 Å². The number of hydrogen-bond donors (Lipinski definition) is 1. The van der Waals surface area contributed by atoms with E-state index in [9.17, 15) is 0 Å². The van der Waals surface area contributed by atoms with E-state index in [1.165, 1.54) is 27.7 Å².